The molecule has 0 bridgehead atoms. The normalized spacial score (nSPS) is 20.8. The third-order valence-electron chi connectivity index (χ3n) is 6.42. The highest BCUT2D eigenvalue weighted by atomic mass is 35.5. The van der Waals surface area contributed by atoms with E-state index < -0.39 is 15.4 Å². The summed E-state index contributed by atoms with van der Waals surface area (Å²) in [4.78, 5) is 0.0676. The van der Waals surface area contributed by atoms with Crippen molar-refractivity contribution in [3.8, 4) is 5.69 Å². The molecule has 3 aromatic rings. The van der Waals surface area contributed by atoms with Gasteiger partial charge in [-0.2, -0.15) is 9.40 Å². The Labute approximate surface area is 200 Å². The van der Waals surface area contributed by atoms with Gasteiger partial charge in [-0.3, -0.25) is 0 Å². The van der Waals surface area contributed by atoms with Crippen LogP contribution in [-0.4, -0.2) is 47.3 Å². The fourth-order valence-corrected chi connectivity index (χ4v) is 6.54. The second-order valence-electron chi connectivity index (χ2n) is 8.39. The first-order chi connectivity index (χ1) is 15.7. The van der Waals surface area contributed by atoms with Crippen LogP contribution in [0.15, 0.2) is 59.1 Å². The minimum absolute atomic E-state index is 0.0676. The molecule has 10 heteroatoms. The van der Waals surface area contributed by atoms with Crippen molar-refractivity contribution in [2.75, 3.05) is 19.7 Å². The first-order valence-corrected chi connectivity index (χ1v) is 12.5. The van der Waals surface area contributed by atoms with Crippen molar-refractivity contribution in [2.24, 2.45) is 5.41 Å². The summed E-state index contributed by atoms with van der Waals surface area (Å²) in [6.07, 6.45) is 4.61. The molecular formula is C23H20Cl2FN3O3S. The van der Waals surface area contributed by atoms with Crippen LogP contribution in [0.2, 0.25) is 10.0 Å². The summed E-state index contributed by atoms with van der Waals surface area (Å²) >= 11 is 12.0. The van der Waals surface area contributed by atoms with E-state index in [0.29, 0.717) is 12.8 Å². The molecule has 1 aliphatic heterocycles. The quantitative estimate of drug-likeness (QED) is 0.570. The largest absolute Gasteiger partial charge is 0.395 e. The first kappa shape index (κ1) is 22.6. The summed E-state index contributed by atoms with van der Waals surface area (Å²) < 4.78 is 43.1. The fraction of sp³-hybridized carbons (Fsp3) is 0.261. The van der Waals surface area contributed by atoms with Crippen LogP contribution in [0, 0.1) is 11.2 Å². The predicted octanol–water partition coefficient (Wildman–Crippen LogP) is 4.33. The van der Waals surface area contributed by atoms with Crippen molar-refractivity contribution in [3.05, 3.63) is 81.4 Å². The Morgan fingerprint density at radius 3 is 2.58 bits per heavy atom. The monoisotopic (exact) mass is 507 g/mol. The fourth-order valence-electron chi connectivity index (χ4n) is 4.62. The average molecular weight is 508 g/mol. The number of aromatic nitrogens is 2. The Morgan fingerprint density at radius 2 is 1.88 bits per heavy atom. The predicted molar refractivity (Wildman–Crippen MR) is 125 cm³/mol. The topological polar surface area (TPSA) is 75.4 Å². The number of rotatable bonds is 4. The van der Waals surface area contributed by atoms with Crippen LogP contribution in [0.3, 0.4) is 0 Å². The van der Waals surface area contributed by atoms with Crippen molar-refractivity contribution in [2.45, 2.75) is 17.7 Å². The van der Waals surface area contributed by atoms with Gasteiger partial charge in [0, 0.05) is 18.5 Å². The summed E-state index contributed by atoms with van der Waals surface area (Å²) in [7, 11) is -3.82. The van der Waals surface area contributed by atoms with Gasteiger partial charge in [0.25, 0.3) is 0 Å². The number of sulfonamides is 1. The summed E-state index contributed by atoms with van der Waals surface area (Å²) in [5, 5.41) is 15.3. The van der Waals surface area contributed by atoms with Crippen molar-refractivity contribution in [3.63, 3.8) is 0 Å². The maximum absolute atomic E-state index is 13.3. The third-order valence-corrected chi connectivity index (χ3v) is 9.00. The first-order valence-electron chi connectivity index (χ1n) is 10.3. The number of benzene rings is 2. The summed E-state index contributed by atoms with van der Waals surface area (Å²) in [5.41, 5.74) is 2.71. The molecule has 2 aromatic carbocycles. The van der Waals surface area contributed by atoms with Gasteiger partial charge in [-0.1, -0.05) is 28.8 Å². The van der Waals surface area contributed by atoms with Gasteiger partial charge in [-0.05, 0) is 66.9 Å². The second-order valence-corrected chi connectivity index (χ2v) is 11.1. The molecule has 6 nitrogen and oxygen atoms in total. The summed E-state index contributed by atoms with van der Waals surface area (Å²) in [6.45, 7) is 0.211. The minimum atomic E-state index is -3.82. The number of piperidine rings is 1. The van der Waals surface area contributed by atoms with Crippen LogP contribution in [0.1, 0.15) is 17.7 Å². The lowest BCUT2D eigenvalue weighted by atomic mass is 9.69. The summed E-state index contributed by atoms with van der Waals surface area (Å²) in [5.74, 6) is -0.326. The standard InChI is InChI=1S/C23H20Cl2FN3O3S/c24-20-6-5-19(10-21(20)25)33(31,32)28-8-7-16-9-22-15(11-23(16,13-28)14-30)12-27-29(22)18-3-1-17(26)2-4-18/h1-6,9-10,12,30H,7-8,11,13-14H2. The van der Waals surface area contributed by atoms with E-state index >= 15 is 0 Å². The molecule has 2 aliphatic rings. The molecule has 1 N–H and O–H groups in total. The molecule has 1 aromatic heterocycles. The number of nitrogens with zero attached hydrogens (tertiary/aromatic N) is 3. The van der Waals surface area contributed by atoms with Gasteiger partial charge in [-0.15, -0.1) is 0 Å². The Bertz CT molecular complexity index is 1370. The van der Waals surface area contributed by atoms with E-state index in [1.165, 1.54) is 34.6 Å². The van der Waals surface area contributed by atoms with E-state index in [-0.39, 0.29) is 40.5 Å². The number of hydrogen-bond acceptors (Lipinski definition) is 4. The number of aliphatic hydroxyl groups is 1. The van der Waals surface area contributed by atoms with E-state index in [1.54, 1.807) is 23.0 Å². The molecule has 1 saturated heterocycles. The Kier molecular flexibility index (Phi) is 5.61. The minimum Gasteiger partial charge on any atom is -0.395 e. The molecular weight excluding hydrogens is 488 g/mol. The highest BCUT2D eigenvalue weighted by Gasteiger charge is 2.45. The highest BCUT2D eigenvalue weighted by molar-refractivity contribution is 7.89. The lowest BCUT2D eigenvalue weighted by molar-refractivity contribution is 0.111. The van der Waals surface area contributed by atoms with Crippen LogP contribution in [0.5, 0.6) is 0 Å². The molecule has 0 radical (unpaired) electrons. The molecule has 33 heavy (non-hydrogen) atoms. The van der Waals surface area contributed by atoms with E-state index in [4.69, 9.17) is 23.2 Å². The highest BCUT2D eigenvalue weighted by Crippen LogP contribution is 2.45. The van der Waals surface area contributed by atoms with Crippen LogP contribution in [0.4, 0.5) is 4.39 Å². The molecule has 1 fully saturated rings. The smallest absolute Gasteiger partial charge is 0.243 e. The Morgan fingerprint density at radius 1 is 1.12 bits per heavy atom. The van der Waals surface area contributed by atoms with Gasteiger partial charge in [0.2, 0.25) is 10.0 Å². The maximum atomic E-state index is 13.3. The van der Waals surface area contributed by atoms with Crippen molar-refractivity contribution >= 4 is 39.3 Å². The molecule has 0 spiro atoms. The Hall–Kier alpha value is -2.23. The van der Waals surface area contributed by atoms with E-state index in [9.17, 15) is 17.9 Å². The Balaban J connectivity index is 1.49. The molecule has 172 valence electrons. The van der Waals surface area contributed by atoms with Gasteiger partial charge in [-0.25, -0.2) is 17.5 Å². The molecule has 1 unspecified atom stereocenters. The van der Waals surface area contributed by atoms with Crippen molar-refractivity contribution < 1.29 is 17.9 Å². The molecule has 5 rings (SSSR count). The van der Waals surface area contributed by atoms with Gasteiger partial charge >= 0.3 is 0 Å². The SMILES string of the molecule is O=S(=O)(c1ccc(Cl)c(Cl)c1)N1CCC2=Cc3c(cnn3-c3ccc(F)cc3)CC2(CO)C1. The maximum Gasteiger partial charge on any atom is 0.243 e. The van der Waals surface area contributed by atoms with E-state index in [2.05, 4.69) is 5.10 Å². The van der Waals surface area contributed by atoms with Gasteiger partial charge < -0.3 is 5.11 Å². The van der Waals surface area contributed by atoms with Gasteiger partial charge in [0.15, 0.2) is 0 Å². The van der Waals surface area contributed by atoms with Crippen LogP contribution in [-0.2, 0) is 16.4 Å². The number of halogens is 3. The summed E-state index contributed by atoms with van der Waals surface area (Å²) in [6, 6.07) is 10.3. The van der Waals surface area contributed by atoms with Crippen molar-refractivity contribution in [1.82, 2.24) is 14.1 Å². The lowest BCUT2D eigenvalue weighted by Gasteiger charge is -2.45. The molecule has 0 saturated carbocycles. The van der Waals surface area contributed by atoms with E-state index in [0.717, 1.165) is 22.5 Å². The van der Waals surface area contributed by atoms with Crippen LogP contribution >= 0.6 is 23.2 Å². The van der Waals surface area contributed by atoms with Crippen LogP contribution < -0.4 is 0 Å². The van der Waals surface area contributed by atoms with Crippen LogP contribution in [0.25, 0.3) is 11.8 Å². The lowest BCUT2D eigenvalue weighted by Crippen LogP contribution is -2.51. The molecule has 1 atom stereocenters. The molecule has 1 aliphatic carbocycles. The zero-order chi connectivity index (χ0) is 23.4. The average Bonchev–Trinajstić information content (AvgIpc) is 3.21. The number of fused-ring (bicyclic) bond motifs is 2. The number of hydrogen-bond donors (Lipinski definition) is 1. The van der Waals surface area contributed by atoms with Gasteiger partial charge in [0.1, 0.15) is 5.82 Å². The molecule has 0 amide bonds. The number of aliphatic hydroxyl groups excluding tert-OH is 1. The van der Waals surface area contributed by atoms with Crippen molar-refractivity contribution in [1.29, 1.82) is 0 Å². The van der Waals surface area contributed by atoms with Gasteiger partial charge in [0.05, 0.1) is 39.1 Å². The second kappa shape index (κ2) is 8.21. The zero-order valence-corrected chi connectivity index (χ0v) is 19.7. The third kappa shape index (κ3) is 3.80. The zero-order valence-electron chi connectivity index (χ0n) is 17.4. The molecule has 2 heterocycles. The van der Waals surface area contributed by atoms with E-state index in [1.807, 2.05) is 6.08 Å².